The third-order valence-corrected chi connectivity index (χ3v) is 5.18. The fraction of sp³-hybridized carbons (Fsp3) is 0.381. The van der Waals surface area contributed by atoms with E-state index in [-0.39, 0.29) is 12.1 Å². The third kappa shape index (κ3) is 5.50. The molecule has 2 aromatic rings. The van der Waals surface area contributed by atoms with Crippen molar-refractivity contribution in [1.29, 1.82) is 0 Å². The standard InChI is InChI=1S/C21H23BrO3/c22-19-9-2-1-7-17(19)11-12-20(23)18-8-5-6-16(14-18)15-25-21-10-3-4-13-24-21/h1-2,5-9,14,21H,3-4,10-13,15H2. The van der Waals surface area contributed by atoms with Crippen molar-refractivity contribution >= 4 is 21.7 Å². The summed E-state index contributed by atoms with van der Waals surface area (Å²) in [6, 6.07) is 15.8. The third-order valence-electron chi connectivity index (χ3n) is 4.40. The first-order valence-electron chi connectivity index (χ1n) is 8.81. The van der Waals surface area contributed by atoms with Crippen LogP contribution >= 0.6 is 15.9 Å². The number of hydrogen-bond acceptors (Lipinski definition) is 3. The van der Waals surface area contributed by atoms with Crippen LogP contribution in [0, 0.1) is 0 Å². The van der Waals surface area contributed by atoms with Crippen molar-refractivity contribution in [3.05, 3.63) is 69.7 Å². The summed E-state index contributed by atoms with van der Waals surface area (Å²) in [5.74, 6) is 0.159. The van der Waals surface area contributed by atoms with Crippen LogP contribution in [0.4, 0.5) is 0 Å². The molecule has 0 amide bonds. The largest absolute Gasteiger partial charge is 0.353 e. The number of Topliss-reactive ketones (excluding diaryl/α,β-unsaturated/α-hetero) is 1. The van der Waals surface area contributed by atoms with Gasteiger partial charge in [0.05, 0.1) is 6.61 Å². The van der Waals surface area contributed by atoms with Crippen molar-refractivity contribution in [3.63, 3.8) is 0 Å². The van der Waals surface area contributed by atoms with Crippen LogP contribution in [0.1, 0.15) is 47.2 Å². The van der Waals surface area contributed by atoms with Crippen molar-refractivity contribution in [1.82, 2.24) is 0 Å². The Hall–Kier alpha value is -1.49. The van der Waals surface area contributed by atoms with Crippen LogP contribution in [0.25, 0.3) is 0 Å². The Labute approximate surface area is 157 Å². The number of ketones is 1. The van der Waals surface area contributed by atoms with E-state index in [1.807, 2.05) is 48.5 Å². The number of carbonyl (C=O) groups is 1. The maximum absolute atomic E-state index is 12.5. The van der Waals surface area contributed by atoms with Crippen LogP contribution in [0.15, 0.2) is 53.0 Å². The Kier molecular flexibility index (Phi) is 6.79. The topological polar surface area (TPSA) is 35.5 Å². The number of halogens is 1. The number of aryl methyl sites for hydroxylation is 1. The molecule has 1 fully saturated rings. The molecule has 0 N–H and O–H groups in total. The van der Waals surface area contributed by atoms with Gasteiger partial charge in [0.15, 0.2) is 12.1 Å². The van der Waals surface area contributed by atoms with E-state index in [4.69, 9.17) is 9.47 Å². The molecule has 3 rings (SSSR count). The van der Waals surface area contributed by atoms with E-state index in [1.54, 1.807) is 0 Å². The summed E-state index contributed by atoms with van der Waals surface area (Å²) >= 11 is 3.53. The molecule has 0 aliphatic carbocycles. The van der Waals surface area contributed by atoms with Gasteiger partial charge in [0, 0.05) is 23.1 Å². The first-order chi connectivity index (χ1) is 12.2. The van der Waals surface area contributed by atoms with Gasteiger partial charge in [0.25, 0.3) is 0 Å². The molecular weight excluding hydrogens is 380 g/mol. The second kappa shape index (κ2) is 9.27. The second-order valence-electron chi connectivity index (χ2n) is 6.32. The lowest BCUT2D eigenvalue weighted by Gasteiger charge is -2.22. The zero-order valence-corrected chi connectivity index (χ0v) is 15.8. The molecule has 132 valence electrons. The number of benzene rings is 2. The summed E-state index contributed by atoms with van der Waals surface area (Å²) in [6.45, 7) is 1.26. The van der Waals surface area contributed by atoms with Crippen molar-refractivity contribution in [2.24, 2.45) is 0 Å². The molecule has 1 unspecified atom stereocenters. The molecule has 1 aliphatic rings. The van der Waals surface area contributed by atoms with E-state index in [2.05, 4.69) is 15.9 Å². The molecule has 1 aliphatic heterocycles. The van der Waals surface area contributed by atoms with E-state index in [9.17, 15) is 4.79 Å². The lowest BCUT2D eigenvalue weighted by Crippen LogP contribution is -2.22. The highest BCUT2D eigenvalue weighted by Crippen LogP contribution is 2.19. The second-order valence-corrected chi connectivity index (χ2v) is 7.18. The predicted molar refractivity (Wildman–Crippen MR) is 102 cm³/mol. The summed E-state index contributed by atoms with van der Waals surface area (Å²) in [6.07, 6.45) is 4.34. The zero-order chi connectivity index (χ0) is 17.5. The van der Waals surface area contributed by atoms with Crippen LogP contribution in [-0.2, 0) is 22.5 Å². The van der Waals surface area contributed by atoms with E-state index in [0.717, 1.165) is 53.5 Å². The molecule has 1 heterocycles. The predicted octanol–water partition coefficient (Wildman–Crippen LogP) is 5.31. The Morgan fingerprint density at radius 2 is 2.04 bits per heavy atom. The SMILES string of the molecule is O=C(CCc1ccccc1Br)c1cccc(COC2CCCCO2)c1. The molecule has 0 bridgehead atoms. The van der Waals surface area contributed by atoms with Crippen LogP contribution in [0.5, 0.6) is 0 Å². The minimum absolute atomic E-state index is 0.108. The Bertz CT molecular complexity index is 708. The van der Waals surface area contributed by atoms with Crippen LogP contribution in [0.3, 0.4) is 0 Å². The van der Waals surface area contributed by atoms with Gasteiger partial charge >= 0.3 is 0 Å². The smallest absolute Gasteiger partial charge is 0.163 e. The van der Waals surface area contributed by atoms with Gasteiger partial charge in [-0.1, -0.05) is 52.3 Å². The summed E-state index contributed by atoms with van der Waals surface area (Å²) in [5, 5.41) is 0. The van der Waals surface area contributed by atoms with E-state index < -0.39 is 0 Å². The normalized spacial score (nSPS) is 17.4. The van der Waals surface area contributed by atoms with Gasteiger partial charge in [0.2, 0.25) is 0 Å². The molecule has 4 heteroatoms. The van der Waals surface area contributed by atoms with Crippen molar-refractivity contribution in [2.45, 2.75) is 45.0 Å². The van der Waals surface area contributed by atoms with Crippen LogP contribution in [-0.4, -0.2) is 18.7 Å². The maximum Gasteiger partial charge on any atom is 0.163 e. The fourth-order valence-corrected chi connectivity index (χ4v) is 3.44. The molecule has 25 heavy (non-hydrogen) atoms. The Balaban J connectivity index is 1.54. The monoisotopic (exact) mass is 402 g/mol. The number of hydrogen-bond donors (Lipinski definition) is 0. The average molecular weight is 403 g/mol. The summed E-state index contributed by atoms with van der Waals surface area (Å²) in [5.41, 5.74) is 2.92. The minimum Gasteiger partial charge on any atom is -0.353 e. The van der Waals surface area contributed by atoms with Crippen molar-refractivity contribution in [2.75, 3.05) is 6.61 Å². The van der Waals surface area contributed by atoms with Gasteiger partial charge in [-0.3, -0.25) is 4.79 Å². The number of rotatable bonds is 7. The van der Waals surface area contributed by atoms with Crippen molar-refractivity contribution < 1.29 is 14.3 Å². The van der Waals surface area contributed by atoms with Gasteiger partial charge in [-0.05, 0) is 48.9 Å². The number of ether oxygens (including phenoxy) is 2. The molecule has 3 nitrogen and oxygen atoms in total. The number of carbonyl (C=O) groups excluding carboxylic acids is 1. The van der Waals surface area contributed by atoms with E-state index in [0.29, 0.717) is 13.0 Å². The van der Waals surface area contributed by atoms with Gasteiger partial charge in [-0.2, -0.15) is 0 Å². The Morgan fingerprint density at radius 1 is 1.16 bits per heavy atom. The molecule has 0 radical (unpaired) electrons. The lowest BCUT2D eigenvalue weighted by molar-refractivity contribution is -0.168. The lowest BCUT2D eigenvalue weighted by atomic mass is 10.0. The van der Waals surface area contributed by atoms with E-state index >= 15 is 0 Å². The molecule has 0 spiro atoms. The first kappa shape index (κ1) is 18.3. The maximum atomic E-state index is 12.5. The molecule has 1 atom stereocenters. The molecular formula is C21H23BrO3. The van der Waals surface area contributed by atoms with Gasteiger partial charge < -0.3 is 9.47 Å². The quantitative estimate of drug-likeness (QED) is 0.588. The first-order valence-corrected chi connectivity index (χ1v) is 9.60. The molecule has 0 aromatic heterocycles. The highest BCUT2D eigenvalue weighted by Gasteiger charge is 2.14. The highest BCUT2D eigenvalue weighted by atomic mass is 79.9. The van der Waals surface area contributed by atoms with Gasteiger partial charge in [0.1, 0.15) is 0 Å². The minimum atomic E-state index is -0.108. The molecule has 1 saturated heterocycles. The zero-order valence-electron chi connectivity index (χ0n) is 14.2. The van der Waals surface area contributed by atoms with E-state index in [1.165, 1.54) is 0 Å². The Morgan fingerprint density at radius 3 is 2.84 bits per heavy atom. The summed E-state index contributed by atoms with van der Waals surface area (Å²) < 4.78 is 12.4. The summed E-state index contributed by atoms with van der Waals surface area (Å²) in [4.78, 5) is 12.5. The van der Waals surface area contributed by atoms with Gasteiger partial charge in [-0.15, -0.1) is 0 Å². The van der Waals surface area contributed by atoms with Crippen LogP contribution in [0.2, 0.25) is 0 Å². The highest BCUT2D eigenvalue weighted by molar-refractivity contribution is 9.10. The molecule has 2 aromatic carbocycles. The van der Waals surface area contributed by atoms with Crippen molar-refractivity contribution in [3.8, 4) is 0 Å². The van der Waals surface area contributed by atoms with Crippen LogP contribution < -0.4 is 0 Å². The summed E-state index contributed by atoms with van der Waals surface area (Å²) in [7, 11) is 0. The molecule has 0 saturated carbocycles. The average Bonchev–Trinajstić information content (AvgIpc) is 2.66. The van der Waals surface area contributed by atoms with Gasteiger partial charge in [-0.25, -0.2) is 0 Å². The fourth-order valence-electron chi connectivity index (χ4n) is 2.96.